The molecule has 110 valence electrons. The fraction of sp³-hybridized carbons (Fsp3) is 0.500. The molecule has 1 aromatic rings. The van der Waals surface area contributed by atoms with Crippen molar-refractivity contribution in [1.29, 1.82) is 0 Å². The van der Waals surface area contributed by atoms with Crippen LogP contribution in [0.25, 0.3) is 0 Å². The topological polar surface area (TPSA) is 47.6 Å². The average Bonchev–Trinajstić information content (AvgIpc) is 2.46. The van der Waals surface area contributed by atoms with Gasteiger partial charge in [0, 0.05) is 25.7 Å². The van der Waals surface area contributed by atoms with Gasteiger partial charge in [0.05, 0.1) is 0 Å². The van der Waals surface area contributed by atoms with Crippen LogP contribution in [-0.4, -0.2) is 25.7 Å². The number of nitrogens with one attached hydrogen (secondary N) is 1. The zero-order valence-corrected chi connectivity index (χ0v) is 11.0. The minimum absolute atomic E-state index is 0.00481. The molecule has 6 heteroatoms. The lowest BCUT2D eigenvalue weighted by Gasteiger charge is -2.21. The number of ether oxygens (including phenoxy) is 2. The minimum atomic E-state index is -2.82. The highest BCUT2D eigenvalue weighted by Gasteiger charge is 2.20. The molecule has 4 nitrogen and oxygen atoms in total. The van der Waals surface area contributed by atoms with Crippen LogP contribution in [0.15, 0.2) is 24.3 Å². The van der Waals surface area contributed by atoms with E-state index in [2.05, 4.69) is 10.1 Å². The third-order valence-corrected chi connectivity index (χ3v) is 3.21. The Hall–Kier alpha value is -1.69. The molecule has 1 heterocycles. The van der Waals surface area contributed by atoms with E-state index in [1.165, 1.54) is 12.1 Å². The van der Waals surface area contributed by atoms with E-state index in [1.54, 1.807) is 12.1 Å². The van der Waals surface area contributed by atoms with Gasteiger partial charge in [0.2, 0.25) is 5.91 Å². The van der Waals surface area contributed by atoms with E-state index in [9.17, 15) is 13.6 Å². The van der Waals surface area contributed by atoms with Gasteiger partial charge in [-0.3, -0.25) is 4.79 Å². The van der Waals surface area contributed by atoms with Crippen molar-refractivity contribution < 1.29 is 23.0 Å². The maximum Gasteiger partial charge on any atom is 0.387 e. The van der Waals surface area contributed by atoms with Gasteiger partial charge in [0.15, 0.2) is 0 Å². The molecule has 20 heavy (non-hydrogen) atoms. The highest BCUT2D eigenvalue weighted by atomic mass is 19.3. The maximum absolute atomic E-state index is 12.0. The lowest BCUT2D eigenvalue weighted by molar-refractivity contribution is -0.128. The summed E-state index contributed by atoms with van der Waals surface area (Å²) in [4.78, 5) is 11.9. The average molecular weight is 285 g/mol. The molecule has 0 spiro atoms. The maximum atomic E-state index is 12.0. The molecule has 0 bridgehead atoms. The molecule has 0 radical (unpaired) electrons. The van der Waals surface area contributed by atoms with Crippen LogP contribution in [0.1, 0.15) is 18.4 Å². The Bertz CT molecular complexity index is 431. The number of carbonyl (C=O) groups is 1. The van der Waals surface area contributed by atoms with Gasteiger partial charge in [0.25, 0.3) is 0 Å². The molecule has 2 rings (SSSR count). The summed E-state index contributed by atoms with van der Waals surface area (Å²) in [6.45, 7) is -1.20. The molecule has 1 aliphatic rings. The molecule has 0 aliphatic carbocycles. The predicted octanol–water partition coefficient (Wildman–Crippen LogP) is 2.33. The molecule has 0 aromatic heterocycles. The molecule has 1 aliphatic heterocycles. The number of hydrogen-bond acceptors (Lipinski definition) is 3. The number of carbonyl (C=O) groups excluding carboxylic acids is 1. The molecule has 1 aromatic carbocycles. The zero-order chi connectivity index (χ0) is 14.4. The standard InChI is InChI=1S/C14H17F2NO3/c15-14(16)20-12-3-1-10(2-4-12)9-17-13(18)11-5-7-19-8-6-11/h1-4,11,14H,5-9H2,(H,17,18). The van der Waals surface area contributed by atoms with Gasteiger partial charge in [-0.2, -0.15) is 8.78 Å². The van der Waals surface area contributed by atoms with Crippen molar-refractivity contribution in [3.63, 3.8) is 0 Å². The molecule has 1 saturated heterocycles. The van der Waals surface area contributed by atoms with Crippen LogP contribution in [0, 0.1) is 5.92 Å². The van der Waals surface area contributed by atoms with Crippen molar-refractivity contribution in [2.24, 2.45) is 5.92 Å². The van der Waals surface area contributed by atoms with E-state index < -0.39 is 6.61 Å². The van der Waals surface area contributed by atoms with Gasteiger partial charge in [0.1, 0.15) is 5.75 Å². The van der Waals surface area contributed by atoms with E-state index in [0.717, 1.165) is 18.4 Å². The Kier molecular flexibility index (Phi) is 5.29. The number of benzene rings is 1. The number of alkyl halides is 2. The Morgan fingerprint density at radius 3 is 2.55 bits per heavy atom. The second-order valence-corrected chi connectivity index (χ2v) is 4.63. The summed E-state index contributed by atoms with van der Waals surface area (Å²) >= 11 is 0. The molecule has 1 amide bonds. The number of halogens is 2. The highest BCUT2D eigenvalue weighted by Crippen LogP contribution is 2.16. The lowest BCUT2D eigenvalue weighted by atomic mass is 9.99. The first-order chi connectivity index (χ1) is 9.65. The molecule has 0 atom stereocenters. The summed E-state index contributed by atoms with van der Waals surface area (Å²) in [5.74, 6) is 0.130. The van der Waals surface area contributed by atoms with Gasteiger partial charge in [-0.25, -0.2) is 0 Å². The Labute approximate surface area is 116 Å². The monoisotopic (exact) mass is 285 g/mol. The van der Waals surface area contributed by atoms with Gasteiger partial charge in [-0.05, 0) is 30.5 Å². The summed E-state index contributed by atoms with van der Waals surface area (Å²) in [5, 5.41) is 2.85. The quantitative estimate of drug-likeness (QED) is 0.903. The summed E-state index contributed by atoms with van der Waals surface area (Å²) < 4.78 is 33.4. The summed E-state index contributed by atoms with van der Waals surface area (Å²) in [6, 6.07) is 6.23. The summed E-state index contributed by atoms with van der Waals surface area (Å²) in [5.41, 5.74) is 0.840. The van der Waals surface area contributed by atoms with E-state index >= 15 is 0 Å². The Balaban J connectivity index is 1.79. The normalized spacial score (nSPS) is 16.1. The highest BCUT2D eigenvalue weighted by molar-refractivity contribution is 5.78. The first kappa shape index (κ1) is 14.7. The van der Waals surface area contributed by atoms with Gasteiger partial charge >= 0.3 is 6.61 Å². The minimum Gasteiger partial charge on any atom is -0.435 e. The largest absolute Gasteiger partial charge is 0.435 e. The van der Waals surface area contributed by atoms with Crippen LogP contribution in [0.3, 0.4) is 0 Å². The number of rotatable bonds is 5. The van der Waals surface area contributed by atoms with Crippen LogP contribution in [0.5, 0.6) is 5.75 Å². The zero-order valence-electron chi connectivity index (χ0n) is 11.0. The van der Waals surface area contributed by atoms with Gasteiger partial charge in [-0.15, -0.1) is 0 Å². The van der Waals surface area contributed by atoms with Crippen LogP contribution < -0.4 is 10.1 Å². The second kappa shape index (κ2) is 7.19. The smallest absolute Gasteiger partial charge is 0.387 e. The second-order valence-electron chi connectivity index (χ2n) is 4.63. The fourth-order valence-corrected chi connectivity index (χ4v) is 2.08. The first-order valence-corrected chi connectivity index (χ1v) is 6.54. The first-order valence-electron chi connectivity index (χ1n) is 6.54. The van der Waals surface area contributed by atoms with Crippen LogP contribution in [0.2, 0.25) is 0 Å². The fourth-order valence-electron chi connectivity index (χ4n) is 2.08. The van der Waals surface area contributed by atoms with Crippen LogP contribution >= 0.6 is 0 Å². The molecule has 1 N–H and O–H groups in total. The van der Waals surface area contributed by atoms with Gasteiger partial charge < -0.3 is 14.8 Å². The van der Waals surface area contributed by atoms with Crippen molar-refractivity contribution in [1.82, 2.24) is 5.32 Å². The van der Waals surface area contributed by atoms with E-state index in [1.807, 2.05) is 0 Å². The van der Waals surface area contributed by atoms with E-state index in [0.29, 0.717) is 19.8 Å². The molecular weight excluding hydrogens is 268 g/mol. The van der Waals surface area contributed by atoms with Gasteiger partial charge in [-0.1, -0.05) is 12.1 Å². The van der Waals surface area contributed by atoms with E-state index in [4.69, 9.17) is 4.74 Å². The van der Waals surface area contributed by atoms with Crippen molar-refractivity contribution in [2.75, 3.05) is 13.2 Å². The van der Waals surface area contributed by atoms with E-state index in [-0.39, 0.29) is 17.6 Å². The third kappa shape index (κ3) is 4.45. The van der Waals surface area contributed by atoms with Crippen molar-refractivity contribution >= 4 is 5.91 Å². The molecule has 0 saturated carbocycles. The van der Waals surface area contributed by atoms with Crippen molar-refractivity contribution in [3.8, 4) is 5.75 Å². The molecule has 0 unspecified atom stereocenters. The summed E-state index contributed by atoms with van der Waals surface area (Å²) in [6.07, 6.45) is 1.49. The SMILES string of the molecule is O=C(NCc1ccc(OC(F)F)cc1)C1CCOCC1. The third-order valence-electron chi connectivity index (χ3n) is 3.21. The lowest BCUT2D eigenvalue weighted by Crippen LogP contribution is -2.33. The Morgan fingerprint density at radius 1 is 1.30 bits per heavy atom. The number of hydrogen-bond donors (Lipinski definition) is 1. The predicted molar refractivity (Wildman–Crippen MR) is 68.5 cm³/mol. The molecule has 1 fully saturated rings. The van der Waals surface area contributed by atoms with Crippen LogP contribution in [0.4, 0.5) is 8.78 Å². The van der Waals surface area contributed by atoms with Crippen molar-refractivity contribution in [3.05, 3.63) is 29.8 Å². The summed E-state index contributed by atoms with van der Waals surface area (Å²) in [7, 11) is 0. The van der Waals surface area contributed by atoms with Crippen molar-refractivity contribution in [2.45, 2.75) is 26.0 Å². The van der Waals surface area contributed by atoms with Crippen LogP contribution in [-0.2, 0) is 16.1 Å². The molecular formula is C14H17F2NO3. The number of amides is 1. The Morgan fingerprint density at radius 2 is 1.95 bits per heavy atom.